The molecule has 1 heterocycles. The number of aromatic nitrogens is 2. The molecule has 1 fully saturated rings. The number of carbonyl (C=O) groups excluding carboxylic acids is 1. The van der Waals surface area contributed by atoms with E-state index >= 15 is 0 Å². The monoisotopic (exact) mass is 500 g/mol. The second-order valence-electron chi connectivity index (χ2n) is 8.28. The van der Waals surface area contributed by atoms with Gasteiger partial charge in [0.15, 0.2) is 5.75 Å². The van der Waals surface area contributed by atoms with E-state index in [-0.39, 0.29) is 29.3 Å². The maximum atomic E-state index is 12.5. The molecule has 1 amide bonds. The van der Waals surface area contributed by atoms with Gasteiger partial charge in [-0.25, -0.2) is 0 Å². The summed E-state index contributed by atoms with van der Waals surface area (Å²) in [6.45, 7) is 0. The van der Waals surface area contributed by atoms with Crippen molar-refractivity contribution in [3.05, 3.63) is 60.0 Å². The van der Waals surface area contributed by atoms with E-state index in [1.165, 1.54) is 6.07 Å². The number of carboxylic acid groups (broad SMARTS) is 1. The van der Waals surface area contributed by atoms with Gasteiger partial charge in [-0.2, -0.15) is 8.42 Å². The molecular formula is C23H24N4O7S. The number of aliphatic carboxylic acids is 1. The Labute approximate surface area is 201 Å². The number of anilines is 3. The van der Waals surface area contributed by atoms with Crippen LogP contribution in [0.15, 0.2) is 52.9 Å². The van der Waals surface area contributed by atoms with Crippen molar-refractivity contribution in [2.24, 2.45) is 5.92 Å². The Morgan fingerprint density at radius 2 is 1.71 bits per heavy atom. The van der Waals surface area contributed by atoms with E-state index in [4.69, 9.17) is 13.7 Å². The number of hydrogen-bond acceptors (Lipinski definition) is 9. The predicted molar refractivity (Wildman–Crippen MR) is 126 cm³/mol. The normalized spacial score (nSPS) is 18.0. The van der Waals surface area contributed by atoms with E-state index in [2.05, 4.69) is 20.8 Å². The van der Waals surface area contributed by atoms with Crippen LogP contribution in [0.25, 0.3) is 0 Å². The first-order valence-electron chi connectivity index (χ1n) is 10.9. The number of nitrogens with zero attached hydrogens (tertiary/aromatic N) is 2. The van der Waals surface area contributed by atoms with Crippen LogP contribution in [0.5, 0.6) is 5.75 Å². The Balaban J connectivity index is 1.36. The van der Waals surface area contributed by atoms with Gasteiger partial charge in [-0.1, -0.05) is 29.4 Å². The SMILES string of the molecule is CS(=O)(=O)Oc1ccccc1Nc1nnc(C(=O)Nc2ccc([C@H]3CC[C@H](C(=O)O)CC3)cc2)o1. The number of rotatable bonds is 8. The Kier molecular flexibility index (Phi) is 7.01. The van der Waals surface area contributed by atoms with Crippen LogP contribution in [-0.4, -0.2) is 41.9 Å². The molecule has 1 aliphatic rings. The summed E-state index contributed by atoms with van der Waals surface area (Å²) in [6, 6.07) is 13.5. The van der Waals surface area contributed by atoms with Gasteiger partial charge in [-0.05, 0) is 61.4 Å². The van der Waals surface area contributed by atoms with E-state index in [0.717, 1.165) is 24.7 Å². The average molecular weight is 501 g/mol. The molecule has 4 rings (SSSR count). The minimum absolute atomic E-state index is 0.0377. The summed E-state index contributed by atoms with van der Waals surface area (Å²) >= 11 is 0. The third-order valence-corrected chi connectivity index (χ3v) is 6.19. The minimum Gasteiger partial charge on any atom is -0.481 e. The highest BCUT2D eigenvalue weighted by molar-refractivity contribution is 7.86. The molecule has 0 radical (unpaired) electrons. The fourth-order valence-electron chi connectivity index (χ4n) is 3.98. The van der Waals surface area contributed by atoms with Gasteiger partial charge in [0, 0.05) is 5.69 Å². The van der Waals surface area contributed by atoms with Crippen LogP contribution < -0.4 is 14.8 Å². The van der Waals surface area contributed by atoms with Gasteiger partial charge in [-0.3, -0.25) is 9.59 Å². The van der Waals surface area contributed by atoms with Crippen molar-refractivity contribution in [2.75, 3.05) is 16.9 Å². The third-order valence-electron chi connectivity index (χ3n) is 5.71. The molecule has 1 aliphatic carbocycles. The number of carboxylic acids is 1. The summed E-state index contributed by atoms with van der Waals surface area (Å²) in [4.78, 5) is 23.7. The zero-order chi connectivity index (χ0) is 25.0. The summed E-state index contributed by atoms with van der Waals surface area (Å²) < 4.78 is 33.2. The number of hydrogen-bond donors (Lipinski definition) is 3. The molecular weight excluding hydrogens is 476 g/mol. The standard InChI is InChI=1S/C23H24N4O7S/c1-35(31,32)34-19-5-3-2-4-18(19)25-23-27-26-21(33-23)20(28)24-17-12-10-15(11-13-17)14-6-8-16(9-7-14)22(29)30/h2-5,10-14,16H,6-9H2,1H3,(H,24,28)(H,25,27)(H,29,30)/t14-,16-. The first-order valence-corrected chi connectivity index (χ1v) is 12.7. The number of benzene rings is 2. The molecule has 0 atom stereocenters. The Bertz CT molecular complexity index is 1310. The summed E-state index contributed by atoms with van der Waals surface area (Å²) in [5, 5.41) is 22.1. The first kappa shape index (κ1) is 24.2. The lowest BCUT2D eigenvalue weighted by Gasteiger charge is -2.26. The molecule has 0 bridgehead atoms. The lowest BCUT2D eigenvalue weighted by atomic mass is 9.79. The molecule has 35 heavy (non-hydrogen) atoms. The molecule has 0 aliphatic heterocycles. The van der Waals surface area contributed by atoms with Gasteiger partial charge in [0.2, 0.25) is 0 Å². The quantitative estimate of drug-likeness (QED) is 0.388. The third kappa shape index (κ3) is 6.35. The highest BCUT2D eigenvalue weighted by Crippen LogP contribution is 2.36. The zero-order valence-corrected chi connectivity index (χ0v) is 19.6. The highest BCUT2D eigenvalue weighted by Gasteiger charge is 2.26. The number of nitrogens with one attached hydrogen (secondary N) is 2. The molecule has 11 nitrogen and oxygen atoms in total. The molecule has 184 valence electrons. The second kappa shape index (κ2) is 10.1. The number of para-hydroxylation sites is 2. The Morgan fingerprint density at radius 1 is 1.03 bits per heavy atom. The fraction of sp³-hybridized carbons (Fsp3) is 0.304. The van der Waals surface area contributed by atoms with Crippen molar-refractivity contribution in [1.29, 1.82) is 0 Å². The lowest BCUT2D eigenvalue weighted by Crippen LogP contribution is -2.20. The number of carbonyl (C=O) groups is 2. The molecule has 3 N–H and O–H groups in total. The highest BCUT2D eigenvalue weighted by atomic mass is 32.2. The average Bonchev–Trinajstić information content (AvgIpc) is 3.29. The Hall–Kier alpha value is -3.93. The molecule has 2 aromatic carbocycles. The van der Waals surface area contributed by atoms with Gasteiger partial charge in [0.05, 0.1) is 17.9 Å². The maximum Gasteiger partial charge on any atom is 0.320 e. The van der Waals surface area contributed by atoms with Crippen molar-refractivity contribution in [1.82, 2.24) is 10.2 Å². The van der Waals surface area contributed by atoms with Crippen molar-refractivity contribution >= 4 is 39.4 Å². The van der Waals surface area contributed by atoms with E-state index in [1.54, 1.807) is 30.3 Å². The first-order chi connectivity index (χ1) is 16.7. The molecule has 0 unspecified atom stereocenters. The summed E-state index contributed by atoms with van der Waals surface area (Å²) in [5.74, 6) is -1.55. The zero-order valence-electron chi connectivity index (χ0n) is 18.8. The summed E-state index contributed by atoms with van der Waals surface area (Å²) in [7, 11) is -3.75. The van der Waals surface area contributed by atoms with Gasteiger partial charge in [0.25, 0.3) is 0 Å². The largest absolute Gasteiger partial charge is 0.481 e. The molecule has 0 spiro atoms. The van der Waals surface area contributed by atoms with Crippen LogP contribution in [0.4, 0.5) is 17.4 Å². The van der Waals surface area contributed by atoms with E-state index in [0.29, 0.717) is 24.4 Å². The van der Waals surface area contributed by atoms with Crippen LogP contribution in [0.3, 0.4) is 0 Å². The summed E-state index contributed by atoms with van der Waals surface area (Å²) in [5.41, 5.74) is 1.91. The molecule has 0 saturated heterocycles. The predicted octanol–water partition coefficient (Wildman–Crippen LogP) is 3.76. The van der Waals surface area contributed by atoms with Crippen LogP contribution in [-0.2, 0) is 14.9 Å². The minimum atomic E-state index is -3.75. The maximum absolute atomic E-state index is 12.5. The molecule has 3 aromatic rings. The Morgan fingerprint density at radius 3 is 2.37 bits per heavy atom. The molecule has 12 heteroatoms. The van der Waals surface area contributed by atoms with Crippen LogP contribution in [0.2, 0.25) is 0 Å². The topological polar surface area (TPSA) is 161 Å². The van der Waals surface area contributed by atoms with Gasteiger partial charge < -0.3 is 24.3 Å². The van der Waals surface area contributed by atoms with Crippen LogP contribution in [0.1, 0.15) is 47.8 Å². The fourth-order valence-corrected chi connectivity index (χ4v) is 4.45. The van der Waals surface area contributed by atoms with Gasteiger partial charge in [-0.15, -0.1) is 5.10 Å². The smallest absolute Gasteiger partial charge is 0.320 e. The van der Waals surface area contributed by atoms with Crippen molar-refractivity contribution < 1.29 is 31.7 Å². The lowest BCUT2D eigenvalue weighted by molar-refractivity contribution is -0.142. The molecule has 1 aromatic heterocycles. The van der Waals surface area contributed by atoms with Crippen molar-refractivity contribution in [3.63, 3.8) is 0 Å². The van der Waals surface area contributed by atoms with Crippen molar-refractivity contribution in [3.8, 4) is 5.75 Å². The van der Waals surface area contributed by atoms with E-state index < -0.39 is 22.0 Å². The van der Waals surface area contributed by atoms with E-state index in [9.17, 15) is 18.0 Å². The van der Waals surface area contributed by atoms with Crippen LogP contribution >= 0.6 is 0 Å². The van der Waals surface area contributed by atoms with Gasteiger partial charge in [0.1, 0.15) is 0 Å². The van der Waals surface area contributed by atoms with Crippen molar-refractivity contribution in [2.45, 2.75) is 31.6 Å². The van der Waals surface area contributed by atoms with Gasteiger partial charge >= 0.3 is 33.9 Å². The summed E-state index contributed by atoms with van der Waals surface area (Å²) in [6.07, 6.45) is 3.89. The van der Waals surface area contributed by atoms with E-state index in [1.807, 2.05) is 12.1 Å². The second-order valence-corrected chi connectivity index (χ2v) is 9.86. The van der Waals surface area contributed by atoms with Crippen LogP contribution in [0, 0.1) is 5.92 Å². The molecule has 1 saturated carbocycles. The number of amides is 1.